The van der Waals surface area contributed by atoms with Gasteiger partial charge in [0.05, 0.1) is 5.69 Å². The highest BCUT2D eigenvalue weighted by molar-refractivity contribution is 6.31. The molecule has 0 atom stereocenters. The highest BCUT2D eigenvalue weighted by Gasteiger charge is 2.27. The number of carbonyl (C=O) groups is 2. The molecule has 0 unspecified atom stereocenters. The van der Waals surface area contributed by atoms with Crippen LogP contribution >= 0.6 is 11.6 Å². The Morgan fingerprint density at radius 1 is 0.966 bits per heavy atom. The first-order valence-electron chi connectivity index (χ1n) is 9.11. The molecule has 1 aliphatic rings. The number of halogens is 1. The standard InChI is InChI=1S/C24H18ClNO3/c1-15(27)29-18-7-5-6-16(12-18)13-21-19-8-3-4-9-20(19)24(28)26(2)23-11-10-17(25)14-22(21)23/h3-14H,1-2H3/b21-13+. The lowest BCUT2D eigenvalue weighted by Crippen LogP contribution is -2.26. The third-order valence-electron chi connectivity index (χ3n) is 4.79. The van der Waals surface area contributed by atoms with Crippen LogP contribution in [0.15, 0.2) is 66.7 Å². The Morgan fingerprint density at radius 2 is 1.72 bits per heavy atom. The second-order valence-electron chi connectivity index (χ2n) is 6.80. The molecule has 0 aliphatic carbocycles. The summed E-state index contributed by atoms with van der Waals surface area (Å²) < 4.78 is 5.21. The number of nitrogens with zero attached hydrogens (tertiary/aromatic N) is 1. The smallest absolute Gasteiger partial charge is 0.308 e. The average Bonchev–Trinajstić information content (AvgIpc) is 2.78. The summed E-state index contributed by atoms with van der Waals surface area (Å²) in [6, 6.07) is 20.3. The monoisotopic (exact) mass is 403 g/mol. The number of fused-ring (bicyclic) bond motifs is 2. The van der Waals surface area contributed by atoms with Crippen LogP contribution in [0.2, 0.25) is 5.02 Å². The van der Waals surface area contributed by atoms with E-state index in [-0.39, 0.29) is 11.9 Å². The number of hydrogen-bond acceptors (Lipinski definition) is 3. The van der Waals surface area contributed by atoms with Gasteiger partial charge in [-0.25, -0.2) is 0 Å². The molecular formula is C24H18ClNO3. The maximum atomic E-state index is 13.1. The molecule has 0 saturated carbocycles. The number of rotatable bonds is 2. The van der Waals surface area contributed by atoms with Crippen LogP contribution in [-0.2, 0) is 4.79 Å². The number of anilines is 1. The Bertz CT molecular complexity index is 1170. The van der Waals surface area contributed by atoms with Crippen molar-refractivity contribution in [3.05, 3.63) is 94.0 Å². The van der Waals surface area contributed by atoms with Crippen molar-refractivity contribution in [1.82, 2.24) is 0 Å². The average molecular weight is 404 g/mol. The first-order valence-corrected chi connectivity index (χ1v) is 9.49. The summed E-state index contributed by atoms with van der Waals surface area (Å²) in [6.07, 6.45) is 1.98. The van der Waals surface area contributed by atoms with E-state index >= 15 is 0 Å². The first kappa shape index (κ1) is 19.0. The number of carbonyl (C=O) groups excluding carboxylic acids is 2. The van der Waals surface area contributed by atoms with Crippen molar-refractivity contribution in [3.63, 3.8) is 0 Å². The van der Waals surface area contributed by atoms with Crippen LogP contribution < -0.4 is 9.64 Å². The van der Waals surface area contributed by atoms with Gasteiger partial charge >= 0.3 is 5.97 Å². The molecule has 29 heavy (non-hydrogen) atoms. The van der Waals surface area contributed by atoms with Gasteiger partial charge in [0.15, 0.2) is 0 Å². The third-order valence-corrected chi connectivity index (χ3v) is 5.03. The van der Waals surface area contributed by atoms with Crippen LogP contribution in [0.25, 0.3) is 11.6 Å². The molecule has 5 heteroatoms. The topological polar surface area (TPSA) is 46.6 Å². The number of benzene rings is 3. The lowest BCUT2D eigenvalue weighted by Gasteiger charge is -2.18. The summed E-state index contributed by atoms with van der Waals surface area (Å²) in [5.74, 6) is 0.00784. The van der Waals surface area contributed by atoms with Crippen LogP contribution in [-0.4, -0.2) is 18.9 Å². The Morgan fingerprint density at radius 3 is 2.48 bits per heavy atom. The molecule has 1 heterocycles. The second-order valence-corrected chi connectivity index (χ2v) is 7.23. The predicted octanol–water partition coefficient (Wildman–Crippen LogP) is 5.44. The van der Waals surface area contributed by atoms with E-state index in [0.717, 1.165) is 28.0 Å². The Labute approximate surface area is 174 Å². The van der Waals surface area contributed by atoms with E-state index in [1.165, 1.54) is 6.92 Å². The molecule has 4 nitrogen and oxygen atoms in total. The molecule has 0 aromatic heterocycles. The number of ether oxygens (including phenoxy) is 1. The van der Waals surface area contributed by atoms with Crippen molar-refractivity contribution in [2.24, 2.45) is 0 Å². The van der Waals surface area contributed by atoms with Crippen LogP contribution in [0.1, 0.15) is 34.0 Å². The lowest BCUT2D eigenvalue weighted by molar-refractivity contribution is -0.131. The Balaban J connectivity index is 1.97. The SMILES string of the molecule is CC(=O)Oc1cccc(/C=C2\c3ccccc3C(=O)N(C)c3ccc(Cl)cc32)c1. The zero-order valence-corrected chi connectivity index (χ0v) is 16.7. The molecule has 1 amide bonds. The van der Waals surface area contributed by atoms with Crippen molar-refractivity contribution < 1.29 is 14.3 Å². The van der Waals surface area contributed by atoms with Gasteiger partial charge in [0.2, 0.25) is 0 Å². The summed E-state index contributed by atoms with van der Waals surface area (Å²) in [5, 5.41) is 0.587. The fourth-order valence-electron chi connectivity index (χ4n) is 3.51. The van der Waals surface area contributed by atoms with Crippen molar-refractivity contribution in [2.45, 2.75) is 6.92 Å². The Hall–Kier alpha value is -3.37. The third kappa shape index (κ3) is 3.67. The maximum absolute atomic E-state index is 13.1. The summed E-state index contributed by atoms with van der Waals surface area (Å²) >= 11 is 6.30. The molecule has 3 aromatic rings. The minimum atomic E-state index is -0.376. The molecule has 3 aromatic carbocycles. The molecule has 0 saturated heterocycles. The molecule has 1 aliphatic heterocycles. The van der Waals surface area contributed by atoms with E-state index < -0.39 is 0 Å². The van der Waals surface area contributed by atoms with E-state index in [1.54, 1.807) is 30.1 Å². The van der Waals surface area contributed by atoms with E-state index in [0.29, 0.717) is 16.3 Å². The zero-order valence-electron chi connectivity index (χ0n) is 16.0. The highest BCUT2D eigenvalue weighted by Crippen LogP contribution is 2.40. The van der Waals surface area contributed by atoms with Crippen LogP contribution in [0, 0.1) is 0 Å². The van der Waals surface area contributed by atoms with Gasteiger partial charge in [-0.1, -0.05) is 41.9 Å². The molecule has 144 valence electrons. The molecule has 0 radical (unpaired) electrons. The molecule has 0 spiro atoms. The fourth-order valence-corrected chi connectivity index (χ4v) is 3.68. The van der Waals surface area contributed by atoms with Gasteiger partial charge in [0, 0.05) is 30.1 Å². The lowest BCUT2D eigenvalue weighted by atomic mass is 9.92. The predicted molar refractivity (Wildman–Crippen MR) is 115 cm³/mol. The van der Waals surface area contributed by atoms with Crippen molar-refractivity contribution >= 4 is 40.8 Å². The van der Waals surface area contributed by atoms with Crippen molar-refractivity contribution in [3.8, 4) is 5.75 Å². The molecule has 0 fully saturated rings. The second kappa shape index (κ2) is 7.57. The van der Waals surface area contributed by atoms with Crippen LogP contribution in [0.5, 0.6) is 5.75 Å². The first-order chi connectivity index (χ1) is 13.9. The molecule has 0 bridgehead atoms. The normalized spacial score (nSPS) is 14.2. The van der Waals surface area contributed by atoms with Crippen LogP contribution in [0.3, 0.4) is 0 Å². The van der Waals surface area contributed by atoms with Gasteiger partial charge in [-0.05, 0) is 59.2 Å². The van der Waals surface area contributed by atoms with Gasteiger partial charge in [-0.15, -0.1) is 0 Å². The largest absolute Gasteiger partial charge is 0.427 e. The number of hydrogen-bond donors (Lipinski definition) is 0. The van der Waals surface area contributed by atoms with E-state index in [9.17, 15) is 9.59 Å². The quantitative estimate of drug-likeness (QED) is 0.422. The summed E-state index contributed by atoms with van der Waals surface area (Å²) in [6.45, 7) is 1.37. The summed E-state index contributed by atoms with van der Waals surface area (Å²) in [5.41, 5.74) is 4.79. The minimum absolute atomic E-state index is 0.0822. The zero-order chi connectivity index (χ0) is 20.5. The fraction of sp³-hybridized carbons (Fsp3) is 0.0833. The highest BCUT2D eigenvalue weighted by atomic mass is 35.5. The molecular weight excluding hydrogens is 386 g/mol. The Kier molecular flexibility index (Phi) is 4.95. The minimum Gasteiger partial charge on any atom is -0.427 e. The van der Waals surface area contributed by atoms with Gasteiger partial charge in [-0.3, -0.25) is 9.59 Å². The van der Waals surface area contributed by atoms with Gasteiger partial charge in [0.25, 0.3) is 5.91 Å². The van der Waals surface area contributed by atoms with E-state index in [1.807, 2.05) is 54.6 Å². The number of esters is 1. The van der Waals surface area contributed by atoms with Gasteiger partial charge in [-0.2, -0.15) is 0 Å². The summed E-state index contributed by atoms with van der Waals surface area (Å²) in [4.78, 5) is 26.0. The molecule has 0 N–H and O–H groups in total. The summed E-state index contributed by atoms with van der Waals surface area (Å²) in [7, 11) is 1.76. The maximum Gasteiger partial charge on any atom is 0.308 e. The van der Waals surface area contributed by atoms with Crippen molar-refractivity contribution in [1.29, 1.82) is 0 Å². The molecule has 4 rings (SSSR count). The van der Waals surface area contributed by atoms with Crippen LogP contribution in [0.4, 0.5) is 5.69 Å². The van der Waals surface area contributed by atoms with E-state index in [4.69, 9.17) is 16.3 Å². The van der Waals surface area contributed by atoms with Gasteiger partial charge in [0.1, 0.15) is 5.75 Å². The van der Waals surface area contributed by atoms with Crippen molar-refractivity contribution in [2.75, 3.05) is 11.9 Å². The van der Waals surface area contributed by atoms with E-state index in [2.05, 4.69) is 0 Å². The van der Waals surface area contributed by atoms with Gasteiger partial charge < -0.3 is 9.64 Å². The number of amides is 1.